The number of nitrogens with zero attached hydrogens (tertiary/aromatic N) is 3. The summed E-state index contributed by atoms with van der Waals surface area (Å²) >= 11 is 0. The second-order valence-electron chi connectivity index (χ2n) is 5.00. The minimum atomic E-state index is -0.464. The Bertz CT molecular complexity index is 696. The highest BCUT2D eigenvalue weighted by Gasteiger charge is 2.15. The van der Waals surface area contributed by atoms with E-state index in [2.05, 4.69) is 16.9 Å². The van der Waals surface area contributed by atoms with Crippen LogP contribution in [0, 0.1) is 0 Å². The van der Waals surface area contributed by atoms with E-state index in [1.54, 1.807) is 4.57 Å². The number of fused-ring (bicyclic) bond motifs is 1. The number of unbranched alkanes of at least 4 members (excludes halogenated alkanes) is 1. The summed E-state index contributed by atoms with van der Waals surface area (Å²) in [5, 5.41) is 0. The Balaban J connectivity index is 2.46. The van der Waals surface area contributed by atoms with Gasteiger partial charge in [-0.15, -0.1) is 0 Å². The first-order valence-corrected chi connectivity index (χ1v) is 6.83. The molecule has 0 aliphatic carbocycles. The number of ether oxygens (including phenoxy) is 1. The highest BCUT2D eigenvalue weighted by molar-refractivity contribution is 5.69. The van der Waals surface area contributed by atoms with Gasteiger partial charge in [0, 0.05) is 12.6 Å². The Morgan fingerprint density at radius 2 is 2.15 bits per heavy atom. The van der Waals surface area contributed by atoms with Crippen molar-refractivity contribution in [1.29, 1.82) is 0 Å². The van der Waals surface area contributed by atoms with Crippen molar-refractivity contribution in [3.05, 3.63) is 27.2 Å². The van der Waals surface area contributed by atoms with E-state index < -0.39 is 11.2 Å². The molecule has 0 atom stereocenters. The van der Waals surface area contributed by atoms with Crippen molar-refractivity contribution in [3.63, 3.8) is 0 Å². The smallest absolute Gasteiger partial charge is 0.330 e. The topological polar surface area (TPSA) is 81.9 Å². The highest BCUT2D eigenvalue weighted by atomic mass is 16.5. The van der Waals surface area contributed by atoms with E-state index in [1.165, 1.54) is 10.9 Å². The van der Waals surface area contributed by atoms with Gasteiger partial charge in [0.2, 0.25) is 0 Å². The summed E-state index contributed by atoms with van der Waals surface area (Å²) in [5.41, 5.74) is -0.121. The average Bonchev–Trinajstić information content (AvgIpc) is 2.78. The quantitative estimate of drug-likeness (QED) is 0.807. The molecule has 20 heavy (non-hydrogen) atoms. The van der Waals surface area contributed by atoms with Crippen LogP contribution in [-0.2, 0) is 11.5 Å². The average molecular weight is 280 g/mol. The van der Waals surface area contributed by atoms with Crippen LogP contribution in [0.2, 0.25) is 0 Å². The second-order valence-corrected chi connectivity index (χ2v) is 5.00. The maximum atomic E-state index is 11.9. The second kappa shape index (κ2) is 6.04. The van der Waals surface area contributed by atoms with Gasteiger partial charge in [-0.05, 0) is 20.3 Å². The van der Waals surface area contributed by atoms with Crippen LogP contribution < -0.4 is 11.2 Å². The molecule has 0 bridgehead atoms. The molecule has 7 nitrogen and oxygen atoms in total. The predicted octanol–water partition coefficient (Wildman–Crippen LogP) is 1.24. The SMILES string of the molecule is CCCCOCn1cnc2c(=O)[nH]c(=O)n(C(C)C)c21. The van der Waals surface area contributed by atoms with Gasteiger partial charge in [-0.25, -0.2) is 9.78 Å². The number of imidazole rings is 1. The lowest BCUT2D eigenvalue weighted by atomic mass is 10.3. The molecule has 0 saturated heterocycles. The summed E-state index contributed by atoms with van der Waals surface area (Å²) in [6.07, 6.45) is 3.56. The molecule has 0 radical (unpaired) electrons. The maximum absolute atomic E-state index is 11.9. The predicted molar refractivity (Wildman–Crippen MR) is 75.9 cm³/mol. The van der Waals surface area contributed by atoms with E-state index in [4.69, 9.17) is 4.74 Å². The van der Waals surface area contributed by atoms with Gasteiger partial charge in [-0.2, -0.15) is 0 Å². The first-order valence-electron chi connectivity index (χ1n) is 6.83. The molecule has 0 aliphatic rings. The number of hydrogen-bond acceptors (Lipinski definition) is 4. The first-order chi connectivity index (χ1) is 9.56. The summed E-state index contributed by atoms with van der Waals surface area (Å²) < 4.78 is 8.75. The summed E-state index contributed by atoms with van der Waals surface area (Å²) in [4.78, 5) is 30.1. The molecule has 7 heteroatoms. The Hall–Kier alpha value is -1.89. The Morgan fingerprint density at radius 3 is 2.80 bits per heavy atom. The van der Waals surface area contributed by atoms with E-state index in [-0.39, 0.29) is 18.3 Å². The number of nitrogens with one attached hydrogen (secondary N) is 1. The molecule has 0 unspecified atom stereocenters. The molecule has 0 fully saturated rings. The zero-order valence-electron chi connectivity index (χ0n) is 12.0. The van der Waals surface area contributed by atoms with Crippen LogP contribution >= 0.6 is 0 Å². The molecule has 0 saturated carbocycles. The Morgan fingerprint density at radius 1 is 1.40 bits per heavy atom. The normalized spacial score (nSPS) is 11.6. The van der Waals surface area contributed by atoms with Gasteiger partial charge in [-0.1, -0.05) is 13.3 Å². The van der Waals surface area contributed by atoms with Crippen molar-refractivity contribution in [3.8, 4) is 0 Å². The summed E-state index contributed by atoms with van der Waals surface area (Å²) in [7, 11) is 0. The monoisotopic (exact) mass is 280 g/mol. The van der Waals surface area contributed by atoms with Crippen LogP contribution in [0.25, 0.3) is 11.2 Å². The third kappa shape index (κ3) is 2.67. The van der Waals surface area contributed by atoms with Crippen molar-refractivity contribution < 1.29 is 4.74 Å². The fraction of sp³-hybridized carbons (Fsp3) is 0.615. The van der Waals surface area contributed by atoms with E-state index in [0.29, 0.717) is 12.3 Å². The van der Waals surface area contributed by atoms with Gasteiger partial charge in [0.25, 0.3) is 5.56 Å². The fourth-order valence-electron chi connectivity index (χ4n) is 2.08. The van der Waals surface area contributed by atoms with Gasteiger partial charge in [0.05, 0.1) is 6.33 Å². The van der Waals surface area contributed by atoms with Crippen LogP contribution in [0.1, 0.15) is 39.7 Å². The molecule has 1 N–H and O–H groups in total. The largest absolute Gasteiger partial charge is 0.361 e. The van der Waals surface area contributed by atoms with E-state index in [1.807, 2.05) is 13.8 Å². The van der Waals surface area contributed by atoms with Crippen LogP contribution in [0.3, 0.4) is 0 Å². The van der Waals surface area contributed by atoms with Crippen LogP contribution in [0.15, 0.2) is 15.9 Å². The summed E-state index contributed by atoms with van der Waals surface area (Å²) in [5.74, 6) is 0. The standard InChI is InChI=1S/C13H20N4O3/c1-4-5-6-20-8-16-7-14-10-11(18)15-13(19)17(9(2)3)12(10)16/h7,9H,4-6,8H2,1-3H3,(H,15,18,19). The Labute approximate surface area is 116 Å². The van der Waals surface area contributed by atoms with Gasteiger partial charge in [0.1, 0.15) is 6.73 Å². The maximum Gasteiger partial charge on any atom is 0.330 e. The summed E-state index contributed by atoms with van der Waals surface area (Å²) in [6.45, 7) is 6.78. The minimum absolute atomic E-state index is 0.0760. The number of rotatable bonds is 6. The lowest BCUT2D eigenvalue weighted by molar-refractivity contribution is 0.0765. The number of H-pyrrole nitrogens is 1. The van der Waals surface area contributed by atoms with E-state index >= 15 is 0 Å². The van der Waals surface area contributed by atoms with Gasteiger partial charge in [-0.3, -0.25) is 18.9 Å². The lowest BCUT2D eigenvalue weighted by Crippen LogP contribution is -2.32. The minimum Gasteiger partial charge on any atom is -0.361 e. The fourth-order valence-corrected chi connectivity index (χ4v) is 2.08. The van der Waals surface area contributed by atoms with Crippen LogP contribution in [0.5, 0.6) is 0 Å². The van der Waals surface area contributed by atoms with Gasteiger partial charge < -0.3 is 4.74 Å². The van der Waals surface area contributed by atoms with Crippen molar-refractivity contribution in [2.24, 2.45) is 0 Å². The van der Waals surface area contributed by atoms with Crippen LogP contribution in [-0.4, -0.2) is 25.7 Å². The van der Waals surface area contributed by atoms with E-state index in [0.717, 1.165) is 12.8 Å². The van der Waals surface area contributed by atoms with Crippen molar-refractivity contribution in [2.45, 2.75) is 46.4 Å². The van der Waals surface area contributed by atoms with E-state index in [9.17, 15) is 9.59 Å². The molecule has 0 amide bonds. The molecule has 2 rings (SSSR count). The van der Waals surface area contributed by atoms with Gasteiger partial charge >= 0.3 is 5.69 Å². The zero-order chi connectivity index (χ0) is 14.7. The van der Waals surface area contributed by atoms with Crippen molar-refractivity contribution >= 4 is 11.2 Å². The molecule has 110 valence electrons. The molecule has 0 spiro atoms. The van der Waals surface area contributed by atoms with Crippen molar-refractivity contribution in [2.75, 3.05) is 6.61 Å². The molecule has 2 heterocycles. The number of hydrogen-bond donors (Lipinski definition) is 1. The lowest BCUT2D eigenvalue weighted by Gasteiger charge is -2.13. The molecular weight excluding hydrogens is 260 g/mol. The third-order valence-corrected chi connectivity index (χ3v) is 3.08. The first kappa shape index (κ1) is 14.5. The van der Waals surface area contributed by atoms with Crippen LogP contribution in [0.4, 0.5) is 0 Å². The molecule has 2 aromatic rings. The van der Waals surface area contributed by atoms with Crippen molar-refractivity contribution in [1.82, 2.24) is 19.1 Å². The molecule has 2 aromatic heterocycles. The summed E-state index contributed by atoms with van der Waals surface area (Å²) in [6, 6.07) is -0.0760. The molecule has 0 aromatic carbocycles. The highest BCUT2D eigenvalue weighted by Crippen LogP contribution is 2.11. The molecular formula is C13H20N4O3. The zero-order valence-corrected chi connectivity index (χ0v) is 12.0. The Kier molecular flexibility index (Phi) is 4.39. The number of aromatic nitrogens is 4. The van der Waals surface area contributed by atoms with Gasteiger partial charge in [0.15, 0.2) is 11.2 Å². The molecule has 0 aliphatic heterocycles. The number of aromatic amines is 1. The third-order valence-electron chi connectivity index (χ3n) is 3.08.